The average Bonchev–Trinajstić information content (AvgIpc) is 2.48. The second kappa shape index (κ2) is 6.83. The number of rotatable bonds is 5. The Balaban J connectivity index is 2.30. The number of methoxy groups -OCH3 is 1. The summed E-state index contributed by atoms with van der Waals surface area (Å²) < 4.78 is 5.84. The van der Waals surface area contributed by atoms with Crippen LogP contribution in [0.4, 0.5) is 5.69 Å². The van der Waals surface area contributed by atoms with Gasteiger partial charge in [0.2, 0.25) is 0 Å². The Morgan fingerprint density at radius 2 is 1.95 bits per heavy atom. The highest BCUT2D eigenvalue weighted by atomic mass is 79.9. The minimum atomic E-state index is -1.01. The highest BCUT2D eigenvalue weighted by Crippen LogP contribution is 2.29. The third-order valence-corrected chi connectivity index (χ3v) is 3.75. The van der Waals surface area contributed by atoms with E-state index in [1.807, 2.05) is 0 Å². The molecule has 0 aliphatic heterocycles. The van der Waals surface area contributed by atoms with E-state index in [4.69, 9.17) is 16.3 Å². The predicted octanol–water partition coefficient (Wildman–Crippen LogP) is 4.35. The summed E-state index contributed by atoms with van der Waals surface area (Å²) in [6.07, 6.45) is 0. The molecule has 2 rings (SSSR count). The monoisotopic (exact) mass is 369 g/mol. The summed E-state index contributed by atoms with van der Waals surface area (Å²) in [5, 5.41) is 12.8. The quantitative estimate of drug-likeness (QED) is 0.821. The SMILES string of the molecule is COc1ccc(NC(C(=O)O)c2cc(Br)ccc2Cl)cc1. The molecule has 21 heavy (non-hydrogen) atoms. The molecule has 2 N–H and O–H groups in total. The Morgan fingerprint density at radius 1 is 1.29 bits per heavy atom. The molecular formula is C15H13BrClNO3. The highest BCUT2D eigenvalue weighted by Gasteiger charge is 2.22. The molecule has 0 aromatic heterocycles. The van der Waals surface area contributed by atoms with Crippen molar-refractivity contribution in [1.82, 2.24) is 0 Å². The van der Waals surface area contributed by atoms with Gasteiger partial charge in [0.1, 0.15) is 5.75 Å². The maximum Gasteiger partial charge on any atom is 0.330 e. The van der Waals surface area contributed by atoms with Crippen LogP contribution in [0.2, 0.25) is 5.02 Å². The number of aliphatic carboxylic acids is 1. The van der Waals surface area contributed by atoms with Gasteiger partial charge in [-0.05, 0) is 42.5 Å². The lowest BCUT2D eigenvalue weighted by Gasteiger charge is -2.18. The number of anilines is 1. The zero-order chi connectivity index (χ0) is 15.4. The fraction of sp³-hybridized carbons (Fsp3) is 0.133. The summed E-state index contributed by atoms with van der Waals surface area (Å²) in [4.78, 5) is 11.5. The van der Waals surface area contributed by atoms with E-state index in [0.717, 1.165) is 4.47 Å². The number of nitrogens with one attached hydrogen (secondary N) is 1. The number of ether oxygens (including phenoxy) is 1. The summed E-state index contributed by atoms with van der Waals surface area (Å²) in [7, 11) is 1.57. The van der Waals surface area contributed by atoms with Crippen molar-refractivity contribution in [2.45, 2.75) is 6.04 Å². The van der Waals surface area contributed by atoms with E-state index < -0.39 is 12.0 Å². The van der Waals surface area contributed by atoms with Crippen LogP contribution in [0.5, 0.6) is 5.75 Å². The van der Waals surface area contributed by atoms with Gasteiger partial charge in [-0.25, -0.2) is 4.79 Å². The molecule has 2 aromatic carbocycles. The fourth-order valence-corrected chi connectivity index (χ4v) is 2.47. The van der Waals surface area contributed by atoms with Crippen LogP contribution < -0.4 is 10.1 Å². The molecular weight excluding hydrogens is 358 g/mol. The minimum absolute atomic E-state index is 0.395. The Bertz CT molecular complexity index is 646. The molecule has 6 heteroatoms. The van der Waals surface area contributed by atoms with Gasteiger partial charge in [-0.1, -0.05) is 27.5 Å². The Labute approximate surface area is 135 Å². The van der Waals surface area contributed by atoms with Gasteiger partial charge < -0.3 is 15.2 Å². The van der Waals surface area contributed by atoms with Gasteiger partial charge >= 0.3 is 5.97 Å². The summed E-state index contributed by atoms with van der Waals surface area (Å²) >= 11 is 9.43. The van der Waals surface area contributed by atoms with Crippen molar-refractivity contribution >= 4 is 39.2 Å². The van der Waals surface area contributed by atoms with E-state index in [1.165, 1.54) is 0 Å². The molecule has 1 atom stereocenters. The largest absolute Gasteiger partial charge is 0.497 e. The Morgan fingerprint density at radius 3 is 2.52 bits per heavy atom. The summed E-state index contributed by atoms with van der Waals surface area (Å²) in [5.74, 6) is -0.307. The van der Waals surface area contributed by atoms with Gasteiger partial charge in [-0.15, -0.1) is 0 Å². The molecule has 0 heterocycles. The molecule has 0 fully saturated rings. The van der Waals surface area contributed by atoms with E-state index >= 15 is 0 Å². The number of benzene rings is 2. The zero-order valence-electron chi connectivity index (χ0n) is 11.1. The first-order valence-corrected chi connectivity index (χ1v) is 7.26. The average molecular weight is 371 g/mol. The van der Waals surface area contributed by atoms with Crippen molar-refractivity contribution in [2.24, 2.45) is 0 Å². The molecule has 110 valence electrons. The number of halogens is 2. The lowest BCUT2D eigenvalue weighted by Crippen LogP contribution is -2.20. The van der Waals surface area contributed by atoms with Crippen LogP contribution in [0.3, 0.4) is 0 Å². The number of carboxylic acids is 1. The molecule has 0 amide bonds. The van der Waals surface area contributed by atoms with Crippen LogP contribution in [0, 0.1) is 0 Å². The Hall–Kier alpha value is -1.72. The van der Waals surface area contributed by atoms with Crippen LogP contribution in [-0.2, 0) is 4.79 Å². The summed E-state index contributed by atoms with van der Waals surface area (Å²) in [5.41, 5.74) is 1.16. The molecule has 1 unspecified atom stereocenters. The number of carboxylic acid groups (broad SMARTS) is 1. The Kier molecular flexibility index (Phi) is 5.09. The lowest BCUT2D eigenvalue weighted by atomic mass is 10.1. The summed E-state index contributed by atoms with van der Waals surface area (Å²) in [6.45, 7) is 0. The predicted molar refractivity (Wildman–Crippen MR) is 86.1 cm³/mol. The molecule has 4 nitrogen and oxygen atoms in total. The summed E-state index contributed by atoms with van der Waals surface area (Å²) in [6, 6.07) is 11.2. The topological polar surface area (TPSA) is 58.6 Å². The first kappa shape index (κ1) is 15.7. The van der Waals surface area contributed by atoms with Gasteiger partial charge in [-0.2, -0.15) is 0 Å². The standard InChI is InChI=1S/C15H13BrClNO3/c1-21-11-5-3-10(4-6-11)18-14(15(19)20)12-8-9(16)2-7-13(12)17/h2-8,14,18H,1H3,(H,19,20). The number of carbonyl (C=O) groups is 1. The lowest BCUT2D eigenvalue weighted by molar-refractivity contribution is -0.138. The molecule has 0 radical (unpaired) electrons. The highest BCUT2D eigenvalue weighted by molar-refractivity contribution is 9.10. The normalized spacial score (nSPS) is 11.8. The van der Waals surface area contributed by atoms with E-state index in [9.17, 15) is 9.90 Å². The molecule has 2 aromatic rings. The number of hydrogen-bond donors (Lipinski definition) is 2. The van der Waals surface area contributed by atoms with Crippen LogP contribution in [-0.4, -0.2) is 18.2 Å². The maximum absolute atomic E-state index is 11.5. The van der Waals surface area contributed by atoms with Gasteiger partial charge in [-0.3, -0.25) is 0 Å². The maximum atomic E-state index is 11.5. The van der Waals surface area contributed by atoms with Gasteiger partial charge in [0.25, 0.3) is 0 Å². The van der Waals surface area contributed by atoms with Crippen molar-refractivity contribution in [3.8, 4) is 5.75 Å². The van der Waals surface area contributed by atoms with Gasteiger partial charge in [0.05, 0.1) is 7.11 Å². The smallest absolute Gasteiger partial charge is 0.330 e. The van der Waals surface area contributed by atoms with E-state index in [1.54, 1.807) is 49.6 Å². The van der Waals surface area contributed by atoms with E-state index in [-0.39, 0.29) is 0 Å². The molecule has 0 aliphatic carbocycles. The van der Waals surface area contributed by atoms with Crippen LogP contribution in [0.25, 0.3) is 0 Å². The molecule has 0 saturated carbocycles. The van der Waals surface area contributed by atoms with Gasteiger partial charge in [0, 0.05) is 20.7 Å². The number of hydrogen-bond acceptors (Lipinski definition) is 3. The minimum Gasteiger partial charge on any atom is -0.497 e. The van der Waals surface area contributed by atoms with Crippen molar-refractivity contribution in [3.63, 3.8) is 0 Å². The third kappa shape index (κ3) is 3.89. The zero-order valence-corrected chi connectivity index (χ0v) is 13.5. The third-order valence-electron chi connectivity index (χ3n) is 2.92. The fourth-order valence-electron chi connectivity index (χ4n) is 1.86. The first-order chi connectivity index (χ1) is 10.0. The van der Waals surface area contributed by atoms with E-state index in [2.05, 4.69) is 21.2 Å². The van der Waals surface area contributed by atoms with Crippen LogP contribution >= 0.6 is 27.5 Å². The second-order valence-electron chi connectivity index (χ2n) is 4.31. The molecule has 0 spiro atoms. The second-order valence-corrected chi connectivity index (χ2v) is 5.63. The molecule has 0 bridgehead atoms. The van der Waals surface area contributed by atoms with Crippen molar-refractivity contribution in [2.75, 3.05) is 12.4 Å². The molecule has 0 saturated heterocycles. The van der Waals surface area contributed by atoms with Crippen LogP contribution in [0.1, 0.15) is 11.6 Å². The van der Waals surface area contributed by atoms with E-state index in [0.29, 0.717) is 22.0 Å². The van der Waals surface area contributed by atoms with Crippen molar-refractivity contribution < 1.29 is 14.6 Å². The van der Waals surface area contributed by atoms with Crippen molar-refractivity contribution in [3.05, 3.63) is 57.5 Å². The first-order valence-electron chi connectivity index (χ1n) is 6.09. The van der Waals surface area contributed by atoms with Crippen molar-refractivity contribution in [1.29, 1.82) is 0 Å². The molecule has 0 aliphatic rings. The van der Waals surface area contributed by atoms with Gasteiger partial charge in [0.15, 0.2) is 6.04 Å². The van der Waals surface area contributed by atoms with Crippen LogP contribution in [0.15, 0.2) is 46.9 Å².